The van der Waals surface area contributed by atoms with Gasteiger partial charge < -0.3 is 24.1 Å². The Labute approximate surface area is 189 Å². The van der Waals surface area contributed by atoms with E-state index >= 15 is 0 Å². The molecule has 3 rings (SSSR count). The summed E-state index contributed by atoms with van der Waals surface area (Å²) >= 11 is 0. The second-order valence-electron chi connectivity index (χ2n) is 10.1. The molecule has 3 aliphatic rings. The van der Waals surface area contributed by atoms with E-state index in [9.17, 15) is 19.5 Å². The molecule has 0 radical (unpaired) electrons. The van der Waals surface area contributed by atoms with Crippen LogP contribution in [0.3, 0.4) is 0 Å². The standard InChI is InChI=1S/C24H36O8/c1-13-8-7-10-24(6,31-16(4)26)19-9-11-23(5,32-19)18(27)12-17-14(2)22(28)30-21(17)20(13)29-15(3)25/h13,17-21,27H,2,7-12H2,1,3-6H3/t13-,17-,18+,19+,20+,21+,23-,24-/m0/s1. The van der Waals surface area contributed by atoms with E-state index < -0.39 is 47.4 Å². The molecular weight excluding hydrogens is 416 g/mol. The summed E-state index contributed by atoms with van der Waals surface area (Å²) in [7, 11) is 0. The van der Waals surface area contributed by atoms with Crippen LogP contribution >= 0.6 is 0 Å². The highest BCUT2D eigenvalue weighted by atomic mass is 16.6. The lowest BCUT2D eigenvalue weighted by Crippen LogP contribution is -2.48. The van der Waals surface area contributed by atoms with Gasteiger partial charge in [0.1, 0.15) is 17.8 Å². The Morgan fingerprint density at radius 3 is 2.47 bits per heavy atom. The number of fused-ring (bicyclic) bond motifs is 3. The maximum atomic E-state index is 12.4. The van der Waals surface area contributed by atoms with Crippen LogP contribution in [-0.2, 0) is 33.3 Å². The van der Waals surface area contributed by atoms with Crippen molar-refractivity contribution in [3.63, 3.8) is 0 Å². The fourth-order valence-electron chi connectivity index (χ4n) is 5.47. The van der Waals surface area contributed by atoms with Crippen molar-refractivity contribution in [1.29, 1.82) is 0 Å². The van der Waals surface area contributed by atoms with E-state index in [1.807, 2.05) is 20.8 Å². The predicted octanol–water partition coefficient (Wildman–Crippen LogP) is 2.85. The quantitative estimate of drug-likeness (QED) is 0.387. The first kappa shape index (κ1) is 24.7. The van der Waals surface area contributed by atoms with Crippen molar-refractivity contribution >= 4 is 17.9 Å². The van der Waals surface area contributed by atoms with Crippen LogP contribution in [0.15, 0.2) is 12.2 Å². The number of ether oxygens (including phenoxy) is 4. The average Bonchev–Trinajstić information content (AvgIpc) is 3.22. The van der Waals surface area contributed by atoms with Crippen LogP contribution in [0.1, 0.15) is 73.1 Å². The topological polar surface area (TPSA) is 108 Å². The molecule has 3 fully saturated rings. The highest BCUT2D eigenvalue weighted by Gasteiger charge is 2.53. The molecule has 0 aromatic heterocycles. The van der Waals surface area contributed by atoms with E-state index in [0.717, 1.165) is 0 Å². The van der Waals surface area contributed by atoms with Crippen molar-refractivity contribution in [1.82, 2.24) is 0 Å². The van der Waals surface area contributed by atoms with Gasteiger partial charge in [0.2, 0.25) is 0 Å². The Morgan fingerprint density at radius 1 is 1.16 bits per heavy atom. The molecule has 0 aliphatic carbocycles. The van der Waals surface area contributed by atoms with Crippen LogP contribution < -0.4 is 0 Å². The Kier molecular flexibility index (Phi) is 7.05. The van der Waals surface area contributed by atoms with E-state index in [2.05, 4.69) is 6.58 Å². The molecule has 8 atom stereocenters. The highest BCUT2D eigenvalue weighted by Crippen LogP contribution is 2.45. The molecule has 0 unspecified atom stereocenters. The largest absolute Gasteiger partial charge is 0.458 e. The van der Waals surface area contributed by atoms with Crippen LogP contribution in [-0.4, -0.2) is 58.6 Å². The van der Waals surface area contributed by atoms with Crippen LogP contribution in [0.25, 0.3) is 0 Å². The van der Waals surface area contributed by atoms with Gasteiger partial charge in [0.25, 0.3) is 0 Å². The first-order valence-corrected chi connectivity index (χ1v) is 11.5. The van der Waals surface area contributed by atoms with Gasteiger partial charge in [-0.2, -0.15) is 0 Å². The fraction of sp³-hybridized carbons (Fsp3) is 0.792. The molecule has 3 saturated heterocycles. The van der Waals surface area contributed by atoms with Crippen molar-refractivity contribution in [2.75, 3.05) is 0 Å². The van der Waals surface area contributed by atoms with Crippen molar-refractivity contribution < 1.29 is 38.4 Å². The summed E-state index contributed by atoms with van der Waals surface area (Å²) < 4.78 is 23.3. The van der Waals surface area contributed by atoms with E-state index in [1.165, 1.54) is 13.8 Å². The smallest absolute Gasteiger partial charge is 0.334 e. The Hall–Kier alpha value is -1.93. The van der Waals surface area contributed by atoms with Crippen molar-refractivity contribution in [3.8, 4) is 0 Å². The maximum Gasteiger partial charge on any atom is 0.334 e. The monoisotopic (exact) mass is 452 g/mol. The maximum absolute atomic E-state index is 12.4. The molecule has 8 heteroatoms. The number of carbonyl (C=O) groups excluding carboxylic acids is 3. The first-order valence-electron chi connectivity index (χ1n) is 11.5. The molecule has 8 nitrogen and oxygen atoms in total. The van der Waals surface area contributed by atoms with Gasteiger partial charge in [-0.15, -0.1) is 0 Å². The predicted molar refractivity (Wildman–Crippen MR) is 114 cm³/mol. The molecule has 3 heterocycles. The van der Waals surface area contributed by atoms with E-state index in [-0.39, 0.29) is 30.0 Å². The molecule has 0 spiro atoms. The minimum atomic E-state index is -0.915. The van der Waals surface area contributed by atoms with Crippen molar-refractivity contribution in [2.24, 2.45) is 11.8 Å². The summed E-state index contributed by atoms with van der Waals surface area (Å²) in [5.41, 5.74) is -1.43. The zero-order chi connectivity index (χ0) is 23.8. The Balaban J connectivity index is 1.97. The Morgan fingerprint density at radius 2 is 1.84 bits per heavy atom. The van der Waals surface area contributed by atoms with Gasteiger partial charge in [0.15, 0.2) is 0 Å². The van der Waals surface area contributed by atoms with Crippen LogP contribution in [0.2, 0.25) is 0 Å². The number of hydrogen-bond donors (Lipinski definition) is 1. The number of carbonyl (C=O) groups is 3. The minimum Gasteiger partial charge on any atom is -0.458 e. The Bertz CT molecular complexity index is 778. The summed E-state index contributed by atoms with van der Waals surface area (Å²) in [6, 6.07) is 0. The lowest BCUT2D eigenvalue weighted by molar-refractivity contribution is -0.191. The van der Waals surface area contributed by atoms with Crippen LogP contribution in [0, 0.1) is 11.8 Å². The first-order chi connectivity index (χ1) is 14.9. The zero-order valence-electron chi connectivity index (χ0n) is 19.7. The summed E-state index contributed by atoms with van der Waals surface area (Å²) in [6.45, 7) is 12.3. The molecule has 3 aliphatic heterocycles. The van der Waals surface area contributed by atoms with Gasteiger partial charge in [-0.1, -0.05) is 13.5 Å². The molecule has 1 N–H and O–H groups in total. The molecule has 32 heavy (non-hydrogen) atoms. The second kappa shape index (κ2) is 9.14. The number of esters is 3. The molecule has 2 bridgehead atoms. The summed E-state index contributed by atoms with van der Waals surface area (Å²) in [6.07, 6.45) is 0.668. The summed E-state index contributed by atoms with van der Waals surface area (Å²) in [5, 5.41) is 11.2. The molecular formula is C24H36O8. The minimum absolute atomic E-state index is 0.127. The zero-order valence-corrected chi connectivity index (χ0v) is 19.7. The molecule has 0 amide bonds. The van der Waals surface area contributed by atoms with E-state index in [1.54, 1.807) is 0 Å². The third kappa shape index (κ3) is 4.86. The summed E-state index contributed by atoms with van der Waals surface area (Å²) in [5.74, 6) is -1.99. The van der Waals surface area contributed by atoms with E-state index in [0.29, 0.717) is 32.1 Å². The van der Waals surface area contributed by atoms with Crippen LogP contribution in [0.5, 0.6) is 0 Å². The number of aliphatic hydroxyl groups excluding tert-OH is 1. The second-order valence-corrected chi connectivity index (χ2v) is 10.1. The molecule has 0 aromatic carbocycles. The van der Waals surface area contributed by atoms with E-state index in [4.69, 9.17) is 18.9 Å². The van der Waals surface area contributed by atoms with Gasteiger partial charge >= 0.3 is 17.9 Å². The fourth-order valence-corrected chi connectivity index (χ4v) is 5.47. The van der Waals surface area contributed by atoms with Crippen molar-refractivity contribution in [2.45, 2.75) is 109 Å². The third-order valence-electron chi connectivity index (χ3n) is 7.42. The molecule has 0 saturated carbocycles. The highest BCUT2D eigenvalue weighted by molar-refractivity contribution is 5.91. The lowest BCUT2D eigenvalue weighted by Gasteiger charge is -2.38. The normalized spacial score (nSPS) is 42.7. The average molecular weight is 453 g/mol. The van der Waals surface area contributed by atoms with Gasteiger partial charge in [0, 0.05) is 25.3 Å². The molecule has 0 aromatic rings. The van der Waals surface area contributed by atoms with Crippen LogP contribution in [0.4, 0.5) is 0 Å². The van der Waals surface area contributed by atoms with Gasteiger partial charge in [-0.3, -0.25) is 9.59 Å². The van der Waals surface area contributed by atoms with Gasteiger partial charge in [0.05, 0.1) is 17.8 Å². The number of rotatable bonds is 2. The van der Waals surface area contributed by atoms with Crippen molar-refractivity contribution in [3.05, 3.63) is 12.2 Å². The lowest BCUT2D eigenvalue weighted by atomic mass is 9.79. The number of hydrogen-bond acceptors (Lipinski definition) is 8. The molecule has 180 valence electrons. The SMILES string of the molecule is C=C1C(=O)O[C@H]2[C@H](OC(C)=O)[C@@H](C)CCC[C@](C)(OC(C)=O)[C@H]3CC[C@](C)(O3)[C@H](O)C[C@@H]12. The van der Waals surface area contributed by atoms with Gasteiger partial charge in [-0.25, -0.2) is 4.79 Å². The third-order valence-corrected chi connectivity index (χ3v) is 7.42. The van der Waals surface area contributed by atoms with Gasteiger partial charge in [-0.05, 0) is 58.3 Å². The number of aliphatic hydroxyl groups is 1. The summed E-state index contributed by atoms with van der Waals surface area (Å²) in [4.78, 5) is 36.1.